The molecule has 0 bridgehead atoms. The van der Waals surface area contributed by atoms with Crippen LogP contribution in [-0.4, -0.2) is 23.7 Å². The van der Waals surface area contributed by atoms with Gasteiger partial charge in [0.05, 0.1) is 5.76 Å². The third-order valence-electron chi connectivity index (χ3n) is 3.57. The van der Waals surface area contributed by atoms with Gasteiger partial charge in [-0.05, 0) is 24.8 Å². The molecule has 1 aliphatic carbocycles. The van der Waals surface area contributed by atoms with E-state index in [0.717, 1.165) is 31.4 Å². The molecular weight excluding hydrogens is 200 g/mol. The first-order valence-electron chi connectivity index (χ1n) is 6.57. The predicted octanol–water partition coefficient (Wildman–Crippen LogP) is 2.48. The second-order valence-corrected chi connectivity index (χ2v) is 4.69. The molecule has 3 heteroatoms. The van der Waals surface area contributed by atoms with Crippen LogP contribution in [0, 0.1) is 0 Å². The Bertz CT molecular complexity index is 238. The summed E-state index contributed by atoms with van der Waals surface area (Å²) in [5.74, 6) is 0.541. The fourth-order valence-corrected chi connectivity index (χ4v) is 2.35. The van der Waals surface area contributed by atoms with E-state index in [4.69, 9.17) is 5.73 Å². The molecule has 1 saturated carbocycles. The van der Waals surface area contributed by atoms with Gasteiger partial charge in [0.25, 0.3) is 0 Å². The van der Waals surface area contributed by atoms with E-state index < -0.39 is 0 Å². The minimum Gasteiger partial charge on any atom is -0.512 e. The molecule has 2 unspecified atom stereocenters. The third-order valence-corrected chi connectivity index (χ3v) is 3.57. The van der Waals surface area contributed by atoms with E-state index >= 15 is 0 Å². The predicted molar refractivity (Wildman–Crippen MR) is 68.5 cm³/mol. The summed E-state index contributed by atoms with van der Waals surface area (Å²) in [5, 5.41) is 13.2. The van der Waals surface area contributed by atoms with Crippen LogP contribution in [0.25, 0.3) is 0 Å². The van der Waals surface area contributed by atoms with Gasteiger partial charge in [-0.1, -0.05) is 26.7 Å². The van der Waals surface area contributed by atoms with E-state index in [9.17, 15) is 5.11 Å². The fourth-order valence-electron chi connectivity index (χ4n) is 2.35. The molecule has 1 fully saturated rings. The van der Waals surface area contributed by atoms with Crippen molar-refractivity contribution in [2.24, 2.45) is 5.73 Å². The summed E-state index contributed by atoms with van der Waals surface area (Å²) in [6.07, 6.45) is 6.47. The van der Waals surface area contributed by atoms with Crippen LogP contribution in [0.1, 0.15) is 52.4 Å². The van der Waals surface area contributed by atoms with Gasteiger partial charge in [0.15, 0.2) is 0 Å². The van der Waals surface area contributed by atoms with Crippen molar-refractivity contribution in [1.82, 2.24) is 5.32 Å². The number of aliphatic hydroxyl groups excluding tert-OH is 1. The van der Waals surface area contributed by atoms with Gasteiger partial charge < -0.3 is 16.2 Å². The van der Waals surface area contributed by atoms with Gasteiger partial charge in [0.2, 0.25) is 0 Å². The van der Waals surface area contributed by atoms with Gasteiger partial charge in [0, 0.05) is 25.0 Å². The highest BCUT2D eigenvalue weighted by molar-refractivity contribution is 5.09. The Morgan fingerprint density at radius 2 is 1.94 bits per heavy atom. The van der Waals surface area contributed by atoms with E-state index in [2.05, 4.69) is 12.2 Å². The molecule has 4 N–H and O–H groups in total. The normalized spacial score (nSPS) is 27.7. The number of hydrogen-bond acceptors (Lipinski definition) is 3. The molecule has 1 rings (SSSR count). The molecule has 0 aromatic carbocycles. The van der Waals surface area contributed by atoms with Crippen LogP contribution >= 0.6 is 0 Å². The first-order valence-corrected chi connectivity index (χ1v) is 6.57. The van der Waals surface area contributed by atoms with Gasteiger partial charge in [-0.2, -0.15) is 0 Å². The largest absolute Gasteiger partial charge is 0.512 e. The summed E-state index contributed by atoms with van der Waals surface area (Å²) in [6.45, 7) is 4.86. The van der Waals surface area contributed by atoms with E-state index in [1.165, 1.54) is 19.3 Å². The molecule has 0 aromatic rings. The molecule has 0 aliphatic heterocycles. The summed E-state index contributed by atoms with van der Waals surface area (Å²) < 4.78 is 0. The van der Waals surface area contributed by atoms with Crippen molar-refractivity contribution in [1.29, 1.82) is 0 Å². The van der Waals surface area contributed by atoms with E-state index in [1.807, 2.05) is 6.92 Å². The maximum atomic E-state index is 9.72. The highest BCUT2D eigenvalue weighted by atomic mass is 16.3. The Hall–Kier alpha value is -0.540. The average Bonchev–Trinajstić information content (AvgIpc) is 2.31. The van der Waals surface area contributed by atoms with Crippen molar-refractivity contribution in [3.8, 4) is 0 Å². The number of allylic oxidation sites excluding steroid dienone is 1. The number of hydrogen-bond donors (Lipinski definition) is 3. The van der Waals surface area contributed by atoms with Crippen molar-refractivity contribution in [3.05, 3.63) is 11.3 Å². The number of rotatable bonds is 5. The molecule has 0 amide bonds. The Kier molecular flexibility index (Phi) is 5.85. The first kappa shape index (κ1) is 13.5. The maximum Gasteiger partial charge on any atom is 0.0924 e. The number of nitrogens with two attached hydrogens (primary N) is 1. The third kappa shape index (κ3) is 3.80. The lowest BCUT2D eigenvalue weighted by molar-refractivity contribution is 0.329. The Morgan fingerprint density at radius 3 is 2.50 bits per heavy atom. The highest BCUT2D eigenvalue weighted by Crippen LogP contribution is 2.17. The molecule has 0 radical (unpaired) electrons. The van der Waals surface area contributed by atoms with Crippen LogP contribution in [0.2, 0.25) is 0 Å². The van der Waals surface area contributed by atoms with Crippen molar-refractivity contribution in [2.75, 3.05) is 6.54 Å². The monoisotopic (exact) mass is 226 g/mol. The molecule has 0 heterocycles. The summed E-state index contributed by atoms with van der Waals surface area (Å²) in [7, 11) is 0. The molecule has 0 saturated heterocycles. The minimum absolute atomic E-state index is 0.288. The second-order valence-electron chi connectivity index (χ2n) is 4.69. The van der Waals surface area contributed by atoms with Crippen molar-refractivity contribution in [3.63, 3.8) is 0 Å². The van der Waals surface area contributed by atoms with Gasteiger partial charge in [-0.15, -0.1) is 0 Å². The molecule has 2 atom stereocenters. The topological polar surface area (TPSA) is 58.3 Å². The summed E-state index contributed by atoms with van der Waals surface area (Å²) in [6, 6.07) is 0.718. The molecule has 0 aromatic heterocycles. The lowest BCUT2D eigenvalue weighted by Gasteiger charge is -2.29. The van der Waals surface area contributed by atoms with Crippen LogP contribution in [0.5, 0.6) is 0 Å². The molecule has 0 spiro atoms. The molecule has 16 heavy (non-hydrogen) atoms. The van der Waals surface area contributed by atoms with E-state index in [-0.39, 0.29) is 6.04 Å². The lowest BCUT2D eigenvalue weighted by Crippen LogP contribution is -2.47. The van der Waals surface area contributed by atoms with Gasteiger partial charge in [0.1, 0.15) is 0 Å². The van der Waals surface area contributed by atoms with Gasteiger partial charge in [-0.25, -0.2) is 0 Å². The minimum atomic E-state index is 0.288. The van der Waals surface area contributed by atoms with Gasteiger partial charge >= 0.3 is 0 Å². The van der Waals surface area contributed by atoms with Crippen molar-refractivity contribution in [2.45, 2.75) is 64.5 Å². The summed E-state index contributed by atoms with van der Waals surface area (Å²) >= 11 is 0. The second kappa shape index (κ2) is 6.92. The van der Waals surface area contributed by atoms with Crippen LogP contribution in [0.3, 0.4) is 0 Å². The Morgan fingerprint density at radius 1 is 1.25 bits per heavy atom. The van der Waals surface area contributed by atoms with Crippen molar-refractivity contribution < 1.29 is 5.11 Å². The highest BCUT2D eigenvalue weighted by Gasteiger charge is 2.21. The molecule has 3 nitrogen and oxygen atoms in total. The number of aliphatic hydroxyl groups is 1. The smallest absolute Gasteiger partial charge is 0.0924 e. The van der Waals surface area contributed by atoms with Crippen LogP contribution in [0.15, 0.2) is 11.3 Å². The zero-order valence-corrected chi connectivity index (χ0v) is 10.6. The Balaban J connectivity index is 2.42. The summed E-state index contributed by atoms with van der Waals surface area (Å²) in [5.41, 5.74) is 7.20. The van der Waals surface area contributed by atoms with Crippen LogP contribution in [-0.2, 0) is 0 Å². The SMILES string of the molecule is CC/C(O)=C(\CC)CNC1CCCCC1N. The van der Waals surface area contributed by atoms with Crippen LogP contribution in [0.4, 0.5) is 0 Å². The van der Waals surface area contributed by atoms with Crippen molar-refractivity contribution >= 4 is 0 Å². The lowest BCUT2D eigenvalue weighted by atomic mass is 9.91. The van der Waals surface area contributed by atoms with Crippen LogP contribution < -0.4 is 11.1 Å². The maximum absolute atomic E-state index is 9.72. The molecule has 1 aliphatic rings. The zero-order chi connectivity index (χ0) is 12.0. The number of nitrogens with one attached hydrogen (secondary N) is 1. The van der Waals surface area contributed by atoms with E-state index in [1.54, 1.807) is 0 Å². The Labute approximate surface area is 99.1 Å². The first-order chi connectivity index (χ1) is 7.69. The summed E-state index contributed by atoms with van der Waals surface area (Å²) in [4.78, 5) is 0. The standard InChI is InChI=1S/C13H26N2O/c1-3-10(13(16)4-2)9-15-12-8-6-5-7-11(12)14/h11-12,15-16H,3-9,14H2,1-2H3/b13-10-. The zero-order valence-electron chi connectivity index (χ0n) is 10.6. The van der Waals surface area contributed by atoms with Gasteiger partial charge in [-0.3, -0.25) is 0 Å². The van der Waals surface area contributed by atoms with E-state index in [0.29, 0.717) is 11.8 Å². The quantitative estimate of drug-likeness (QED) is 0.631. The molecular formula is C13H26N2O. The fraction of sp³-hybridized carbons (Fsp3) is 0.846. The average molecular weight is 226 g/mol. The molecule has 94 valence electrons.